The van der Waals surface area contributed by atoms with E-state index in [0.717, 1.165) is 6.26 Å². The average Bonchev–Trinajstić information content (AvgIpc) is 2.15. The summed E-state index contributed by atoms with van der Waals surface area (Å²) in [6, 6.07) is 2.96. The molecule has 16 heavy (non-hydrogen) atoms. The summed E-state index contributed by atoms with van der Waals surface area (Å²) in [5, 5.41) is 2.85. The largest absolute Gasteiger partial charge is 0.350 e. The van der Waals surface area contributed by atoms with E-state index in [1.807, 2.05) is 0 Å². The first kappa shape index (κ1) is 12.9. The van der Waals surface area contributed by atoms with Gasteiger partial charge in [0, 0.05) is 24.0 Å². The Balaban J connectivity index is 2.54. The highest BCUT2D eigenvalue weighted by Gasteiger charge is 2.08. The molecule has 0 aliphatic rings. The molecule has 0 fully saturated rings. The summed E-state index contributed by atoms with van der Waals surface area (Å²) >= 11 is 5.68. The number of nitrogens with one attached hydrogen (secondary N) is 1. The lowest BCUT2D eigenvalue weighted by Gasteiger charge is -2.03. The maximum absolute atomic E-state index is 11.5. The van der Waals surface area contributed by atoms with E-state index in [4.69, 9.17) is 11.6 Å². The molecular formula is C9H11ClN2O3S. The van der Waals surface area contributed by atoms with E-state index < -0.39 is 15.7 Å². The zero-order chi connectivity index (χ0) is 12.2. The molecule has 0 spiro atoms. The van der Waals surface area contributed by atoms with Gasteiger partial charge < -0.3 is 5.32 Å². The van der Waals surface area contributed by atoms with Gasteiger partial charge in [0.05, 0.1) is 5.75 Å². The van der Waals surface area contributed by atoms with Crippen molar-refractivity contribution >= 4 is 27.3 Å². The highest BCUT2D eigenvalue weighted by atomic mass is 35.5. The van der Waals surface area contributed by atoms with Gasteiger partial charge in [0.15, 0.2) is 0 Å². The Bertz CT molecular complexity index is 487. The van der Waals surface area contributed by atoms with Crippen LogP contribution >= 0.6 is 11.6 Å². The molecule has 1 rings (SSSR count). The van der Waals surface area contributed by atoms with Crippen molar-refractivity contribution in [1.29, 1.82) is 0 Å². The van der Waals surface area contributed by atoms with Crippen molar-refractivity contribution in [2.75, 3.05) is 18.6 Å². The molecule has 1 amide bonds. The number of carbonyl (C=O) groups excluding carboxylic acids is 1. The molecule has 0 bridgehead atoms. The first-order valence-corrected chi connectivity index (χ1v) is 6.90. The number of carbonyl (C=O) groups is 1. The van der Waals surface area contributed by atoms with Crippen molar-refractivity contribution in [3.63, 3.8) is 0 Å². The first-order valence-electron chi connectivity index (χ1n) is 4.46. The Morgan fingerprint density at radius 3 is 2.81 bits per heavy atom. The molecule has 0 aliphatic heterocycles. The minimum atomic E-state index is -3.07. The summed E-state index contributed by atoms with van der Waals surface area (Å²) in [5.41, 5.74) is 0.168. The zero-order valence-electron chi connectivity index (χ0n) is 8.60. The molecule has 5 nitrogen and oxygen atoms in total. The van der Waals surface area contributed by atoms with E-state index in [2.05, 4.69) is 10.3 Å². The monoisotopic (exact) mass is 262 g/mol. The third kappa shape index (κ3) is 4.59. The number of hydrogen-bond acceptors (Lipinski definition) is 4. The minimum absolute atomic E-state index is 0.0614. The second-order valence-electron chi connectivity index (χ2n) is 3.25. The lowest BCUT2D eigenvalue weighted by Crippen LogP contribution is -2.29. The van der Waals surface area contributed by atoms with Gasteiger partial charge in [-0.15, -0.1) is 0 Å². The normalized spacial score (nSPS) is 11.1. The highest BCUT2D eigenvalue weighted by Crippen LogP contribution is 2.07. The molecule has 1 aromatic rings. The van der Waals surface area contributed by atoms with Crippen LogP contribution in [0.15, 0.2) is 18.3 Å². The quantitative estimate of drug-likeness (QED) is 0.858. The number of rotatable bonds is 4. The Labute approximate surface area is 98.8 Å². The summed E-state index contributed by atoms with van der Waals surface area (Å²) in [4.78, 5) is 15.3. The molecule has 0 aliphatic carbocycles. The van der Waals surface area contributed by atoms with Crippen LogP contribution in [0.1, 0.15) is 10.5 Å². The number of nitrogens with zero attached hydrogens (tertiary/aromatic N) is 1. The van der Waals surface area contributed by atoms with Gasteiger partial charge in [0.1, 0.15) is 15.5 Å². The van der Waals surface area contributed by atoms with Crippen LogP contribution in [0.4, 0.5) is 0 Å². The summed E-state index contributed by atoms with van der Waals surface area (Å²) in [6.07, 6.45) is 2.52. The van der Waals surface area contributed by atoms with Crippen LogP contribution < -0.4 is 5.32 Å². The standard InChI is InChI=1S/C9H11ClN2O3S/c1-16(14,15)5-4-12-9(13)8-6-7(10)2-3-11-8/h2-3,6H,4-5H2,1H3,(H,12,13). The Kier molecular flexibility index (Phi) is 4.26. The van der Waals surface area contributed by atoms with Crippen LogP contribution in [-0.4, -0.2) is 37.9 Å². The molecular weight excluding hydrogens is 252 g/mol. The fourth-order valence-corrected chi connectivity index (χ4v) is 1.60. The number of halogens is 1. The lowest BCUT2D eigenvalue weighted by atomic mass is 10.3. The number of pyridine rings is 1. The van der Waals surface area contributed by atoms with Crippen molar-refractivity contribution in [2.45, 2.75) is 0 Å². The molecule has 0 atom stereocenters. The summed E-state index contributed by atoms with van der Waals surface area (Å²) in [7, 11) is -3.07. The number of hydrogen-bond donors (Lipinski definition) is 1. The molecule has 1 N–H and O–H groups in total. The van der Waals surface area contributed by atoms with Crippen molar-refractivity contribution < 1.29 is 13.2 Å². The smallest absolute Gasteiger partial charge is 0.269 e. The van der Waals surface area contributed by atoms with Gasteiger partial charge >= 0.3 is 0 Å². The highest BCUT2D eigenvalue weighted by molar-refractivity contribution is 7.90. The van der Waals surface area contributed by atoms with Gasteiger partial charge in [-0.2, -0.15) is 0 Å². The molecule has 7 heteroatoms. The Morgan fingerprint density at radius 1 is 1.56 bits per heavy atom. The molecule has 0 radical (unpaired) electrons. The van der Waals surface area contributed by atoms with Gasteiger partial charge in [0.25, 0.3) is 5.91 Å². The molecule has 0 unspecified atom stereocenters. The van der Waals surface area contributed by atoms with Crippen LogP contribution in [-0.2, 0) is 9.84 Å². The van der Waals surface area contributed by atoms with E-state index in [1.54, 1.807) is 6.07 Å². The van der Waals surface area contributed by atoms with Crippen molar-refractivity contribution in [3.05, 3.63) is 29.0 Å². The van der Waals surface area contributed by atoms with Crippen molar-refractivity contribution in [3.8, 4) is 0 Å². The van der Waals surface area contributed by atoms with E-state index in [1.165, 1.54) is 12.3 Å². The fraction of sp³-hybridized carbons (Fsp3) is 0.333. The predicted octanol–water partition coefficient (Wildman–Crippen LogP) is 0.509. The number of sulfone groups is 1. The molecule has 0 saturated carbocycles. The van der Waals surface area contributed by atoms with Crippen molar-refractivity contribution in [2.24, 2.45) is 0 Å². The van der Waals surface area contributed by atoms with E-state index >= 15 is 0 Å². The van der Waals surface area contributed by atoms with Crippen LogP contribution in [0.25, 0.3) is 0 Å². The van der Waals surface area contributed by atoms with Crippen LogP contribution in [0, 0.1) is 0 Å². The topological polar surface area (TPSA) is 76.1 Å². The summed E-state index contributed by atoms with van der Waals surface area (Å²) < 4.78 is 21.6. The number of amides is 1. The molecule has 0 saturated heterocycles. The van der Waals surface area contributed by atoms with Gasteiger partial charge in [-0.05, 0) is 12.1 Å². The Hall–Kier alpha value is -1.14. The minimum Gasteiger partial charge on any atom is -0.350 e. The third-order valence-corrected chi connectivity index (χ3v) is 2.89. The van der Waals surface area contributed by atoms with E-state index in [-0.39, 0.29) is 18.0 Å². The van der Waals surface area contributed by atoms with Crippen LogP contribution in [0.5, 0.6) is 0 Å². The van der Waals surface area contributed by atoms with Gasteiger partial charge in [-0.1, -0.05) is 11.6 Å². The van der Waals surface area contributed by atoms with Crippen LogP contribution in [0.2, 0.25) is 5.02 Å². The molecule has 0 aromatic carbocycles. The summed E-state index contributed by atoms with van der Waals surface area (Å²) in [6.45, 7) is 0.0614. The Morgan fingerprint density at radius 2 is 2.25 bits per heavy atom. The van der Waals surface area contributed by atoms with Crippen molar-refractivity contribution in [1.82, 2.24) is 10.3 Å². The lowest BCUT2D eigenvalue weighted by molar-refractivity contribution is 0.0951. The maximum atomic E-state index is 11.5. The molecule has 1 aromatic heterocycles. The molecule has 88 valence electrons. The van der Waals surface area contributed by atoms with Gasteiger partial charge in [-0.3, -0.25) is 9.78 Å². The SMILES string of the molecule is CS(=O)(=O)CCNC(=O)c1cc(Cl)ccn1. The van der Waals surface area contributed by atoms with Crippen LogP contribution in [0.3, 0.4) is 0 Å². The van der Waals surface area contributed by atoms with E-state index in [0.29, 0.717) is 5.02 Å². The average molecular weight is 263 g/mol. The third-order valence-electron chi connectivity index (χ3n) is 1.71. The van der Waals surface area contributed by atoms with Gasteiger partial charge in [0.2, 0.25) is 0 Å². The van der Waals surface area contributed by atoms with Gasteiger partial charge in [-0.25, -0.2) is 8.42 Å². The van der Waals surface area contributed by atoms with E-state index in [9.17, 15) is 13.2 Å². The maximum Gasteiger partial charge on any atom is 0.269 e. The summed E-state index contributed by atoms with van der Waals surface area (Å²) in [5.74, 6) is -0.537. The fourth-order valence-electron chi connectivity index (χ4n) is 0.969. The molecule has 1 heterocycles. The number of aromatic nitrogens is 1. The first-order chi connectivity index (χ1) is 7.38. The second kappa shape index (κ2) is 5.27. The predicted molar refractivity (Wildman–Crippen MR) is 61.3 cm³/mol. The zero-order valence-corrected chi connectivity index (χ0v) is 10.2. The second-order valence-corrected chi connectivity index (χ2v) is 5.94.